The summed E-state index contributed by atoms with van der Waals surface area (Å²) < 4.78 is 27.2. The first-order valence-corrected chi connectivity index (χ1v) is 11.1. The van der Waals surface area contributed by atoms with Crippen molar-refractivity contribution < 1.29 is 28.0 Å². The molecule has 1 amide bonds. The third-order valence-corrected chi connectivity index (χ3v) is 6.32. The topological polar surface area (TPSA) is 159 Å². The number of carbonyl (C=O) groups excluding carboxylic acids is 1. The summed E-state index contributed by atoms with van der Waals surface area (Å²) in [4.78, 5) is 34.2. The fraction of sp³-hybridized carbons (Fsp3) is 0.0455. The molecule has 174 valence electrons. The number of carbonyl (C=O) groups is 2. The van der Waals surface area contributed by atoms with E-state index in [0.717, 1.165) is 16.6 Å². The number of hydrazone groups is 1. The van der Waals surface area contributed by atoms with E-state index < -0.39 is 33.4 Å². The molecule has 0 aromatic heterocycles. The predicted molar refractivity (Wildman–Crippen MR) is 123 cm³/mol. The van der Waals surface area contributed by atoms with Gasteiger partial charge < -0.3 is 5.11 Å². The molecule has 12 heteroatoms. The number of amides is 1. The molecule has 0 atom stereocenters. The number of carboxylic acids is 1. The summed E-state index contributed by atoms with van der Waals surface area (Å²) in [7, 11) is -4.27. The van der Waals surface area contributed by atoms with Crippen LogP contribution in [0.1, 0.15) is 15.9 Å². The van der Waals surface area contributed by atoms with Crippen molar-refractivity contribution in [2.75, 3.05) is 10.8 Å². The number of nitro groups is 1. The number of nitro benzene ring substituents is 1. The van der Waals surface area contributed by atoms with Crippen molar-refractivity contribution in [2.24, 2.45) is 5.10 Å². The monoisotopic (exact) mass is 482 g/mol. The van der Waals surface area contributed by atoms with Gasteiger partial charge in [0.15, 0.2) is 0 Å². The Morgan fingerprint density at radius 1 is 1.03 bits per heavy atom. The van der Waals surface area contributed by atoms with Crippen LogP contribution in [0.15, 0.2) is 88.9 Å². The van der Waals surface area contributed by atoms with Gasteiger partial charge in [0.1, 0.15) is 6.54 Å². The molecule has 0 unspecified atom stereocenters. The lowest BCUT2D eigenvalue weighted by Crippen LogP contribution is -2.39. The molecule has 0 saturated carbocycles. The number of hydrogen-bond donors (Lipinski definition) is 2. The molecule has 3 aromatic carbocycles. The van der Waals surface area contributed by atoms with E-state index >= 15 is 0 Å². The minimum atomic E-state index is -4.27. The molecule has 0 spiro atoms. The third kappa shape index (κ3) is 5.61. The Hall–Kier alpha value is -4.58. The molecule has 0 radical (unpaired) electrons. The molecule has 0 aliphatic carbocycles. The van der Waals surface area contributed by atoms with Gasteiger partial charge >= 0.3 is 5.97 Å². The Balaban J connectivity index is 1.89. The van der Waals surface area contributed by atoms with E-state index in [1.54, 1.807) is 12.1 Å². The zero-order valence-electron chi connectivity index (χ0n) is 17.4. The Morgan fingerprint density at radius 2 is 1.71 bits per heavy atom. The van der Waals surface area contributed by atoms with E-state index in [1.807, 2.05) is 0 Å². The molecule has 11 nitrogen and oxygen atoms in total. The molecule has 0 bridgehead atoms. The Morgan fingerprint density at radius 3 is 2.38 bits per heavy atom. The third-order valence-electron chi connectivity index (χ3n) is 4.53. The zero-order chi connectivity index (χ0) is 24.7. The van der Waals surface area contributed by atoms with Crippen molar-refractivity contribution in [1.82, 2.24) is 5.43 Å². The number of anilines is 1. The van der Waals surface area contributed by atoms with Crippen LogP contribution < -0.4 is 9.73 Å². The summed E-state index contributed by atoms with van der Waals surface area (Å²) >= 11 is 0. The van der Waals surface area contributed by atoms with Gasteiger partial charge in [-0.25, -0.2) is 18.6 Å². The molecule has 0 fully saturated rings. The highest BCUT2D eigenvalue weighted by molar-refractivity contribution is 7.92. The average molecular weight is 482 g/mol. The van der Waals surface area contributed by atoms with Gasteiger partial charge in [-0.3, -0.25) is 19.2 Å². The summed E-state index contributed by atoms with van der Waals surface area (Å²) in [5.74, 6) is -2.03. The Labute approximate surface area is 194 Å². The first-order valence-electron chi connectivity index (χ1n) is 9.66. The van der Waals surface area contributed by atoms with Gasteiger partial charge in [-0.1, -0.05) is 42.5 Å². The highest BCUT2D eigenvalue weighted by Crippen LogP contribution is 2.26. The van der Waals surface area contributed by atoms with E-state index in [9.17, 15) is 33.2 Å². The molecule has 0 aliphatic rings. The molecule has 0 heterocycles. The summed E-state index contributed by atoms with van der Waals surface area (Å²) in [6.45, 7) is -0.740. The van der Waals surface area contributed by atoms with Crippen LogP contribution in [0.2, 0.25) is 0 Å². The standard InChI is InChI=1S/C22H18N4O7S/c27-21(24-23-14-16-7-4-5-12-20(16)22(28)29)15-25(17-8-6-9-18(13-17)26(30)31)34(32,33)19-10-2-1-3-11-19/h1-14H,15H2,(H,24,27)(H,28,29)/b23-14-. The normalized spacial score (nSPS) is 11.2. The van der Waals surface area contributed by atoms with Crippen LogP contribution in [-0.2, 0) is 14.8 Å². The number of benzene rings is 3. The summed E-state index contributed by atoms with van der Waals surface area (Å²) in [6, 6.07) is 18.1. The van der Waals surface area contributed by atoms with Gasteiger partial charge in [0.2, 0.25) is 0 Å². The van der Waals surface area contributed by atoms with Crippen LogP contribution in [0, 0.1) is 10.1 Å². The maximum Gasteiger partial charge on any atom is 0.336 e. The SMILES string of the molecule is O=C(CN(c1cccc([N+](=O)[O-])c1)S(=O)(=O)c1ccccc1)N/N=C\c1ccccc1C(=O)O. The van der Waals surface area contributed by atoms with E-state index in [-0.39, 0.29) is 27.4 Å². The van der Waals surface area contributed by atoms with Crippen molar-refractivity contribution in [1.29, 1.82) is 0 Å². The second kappa shape index (κ2) is 10.4. The van der Waals surface area contributed by atoms with Gasteiger partial charge in [0, 0.05) is 17.7 Å². The summed E-state index contributed by atoms with van der Waals surface area (Å²) in [5, 5.41) is 24.1. The molecular weight excluding hydrogens is 464 g/mol. The number of non-ortho nitro benzene ring substituents is 1. The lowest BCUT2D eigenvalue weighted by atomic mass is 10.1. The van der Waals surface area contributed by atoms with Crippen molar-refractivity contribution in [3.05, 3.63) is 100 Å². The van der Waals surface area contributed by atoms with Gasteiger partial charge in [-0.05, 0) is 24.3 Å². The number of hydrogen-bond acceptors (Lipinski definition) is 7. The fourth-order valence-electron chi connectivity index (χ4n) is 2.94. The number of rotatable bonds is 9. The van der Waals surface area contributed by atoms with Gasteiger partial charge in [-0.2, -0.15) is 5.10 Å². The fourth-order valence-corrected chi connectivity index (χ4v) is 4.37. The molecule has 2 N–H and O–H groups in total. The number of aromatic carboxylic acids is 1. The quantitative estimate of drug-likeness (QED) is 0.269. The molecule has 3 rings (SSSR count). The maximum atomic E-state index is 13.2. The van der Waals surface area contributed by atoms with Gasteiger partial charge in [0.05, 0.1) is 27.3 Å². The van der Waals surface area contributed by atoms with E-state index in [2.05, 4.69) is 10.5 Å². The van der Waals surface area contributed by atoms with Crippen LogP contribution in [0.4, 0.5) is 11.4 Å². The molecule has 0 saturated heterocycles. The Bertz CT molecular complexity index is 1360. The highest BCUT2D eigenvalue weighted by Gasteiger charge is 2.28. The average Bonchev–Trinajstić information content (AvgIpc) is 2.83. The zero-order valence-corrected chi connectivity index (χ0v) is 18.3. The Kier molecular flexibility index (Phi) is 7.33. The minimum absolute atomic E-state index is 0.0367. The number of nitrogens with zero attached hydrogens (tertiary/aromatic N) is 3. The lowest BCUT2D eigenvalue weighted by molar-refractivity contribution is -0.384. The lowest BCUT2D eigenvalue weighted by Gasteiger charge is -2.23. The van der Waals surface area contributed by atoms with Crippen molar-refractivity contribution in [3.8, 4) is 0 Å². The molecule has 34 heavy (non-hydrogen) atoms. The van der Waals surface area contributed by atoms with Crippen LogP contribution in [0.5, 0.6) is 0 Å². The van der Waals surface area contributed by atoms with E-state index in [0.29, 0.717) is 0 Å². The van der Waals surface area contributed by atoms with E-state index in [4.69, 9.17) is 0 Å². The maximum absolute atomic E-state index is 13.2. The first-order chi connectivity index (χ1) is 16.2. The molecular formula is C22H18N4O7S. The van der Waals surface area contributed by atoms with Gasteiger partial charge in [0.25, 0.3) is 21.6 Å². The van der Waals surface area contributed by atoms with E-state index in [1.165, 1.54) is 60.7 Å². The van der Waals surface area contributed by atoms with Crippen LogP contribution in [0.3, 0.4) is 0 Å². The first kappa shape index (κ1) is 24.1. The molecule has 0 aliphatic heterocycles. The van der Waals surface area contributed by atoms with Crippen molar-refractivity contribution >= 4 is 39.5 Å². The number of carboxylic acid groups (broad SMARTS) is 1. The largest absolute Gasteiger partial charge is 0.478 e. The smallest absolute Gasteiger partial charge is 0.336 e. The van der Waals surface area contributed by atoms with Crippen molar-refractivity contribution in [2.45, 2.75) is 4.90 Å². The summed E-state index contributed by atoms with van der Waals surface area (Å²) in [6.07, 6.45) is 1.12. The van der Waals surface area contributed by atoms with Crippen LogP contribution in [-0.4, -0.2) is 43.1 Å². The highest BCUT2D eigenvalue weighted by atomic mass is 32.2. The number of sulfonamides is 1. The van der Waals surface area contributed by atoms with Crippen molar-refractivity contribution in [3.63, 3.8) is 0 Å². The molecule has 3 aromatic rings. The van der Waals surface area contributed by atoms with Gasteiger partial charge in [-0.15, -0.1) is 0 Å². The van der Waals surface area contributed by atoms with Crippen LogP contribution >= 0.6 is 0 Å². The predicted octanol–water partition coefficient (Wildman–Crippen LogP) is 2.64. The second-order valence-corrected chi connectivity index (χ2v) is 8.65. The second-order valence-electron chi connectivity index (χ2n) is 6.79. The number of nitrogens with one attached hydrogen (secondary N) is 1. The summed E-state index contributed by atoms with van der Waals surface area (Å²) in [5.41, 5.74) is 1.90. The minimum Gasteiger partial charge on any atom is -0.478 e. The van der Waals surface area contributed by atoms with Crippen LogP contribution in [0.25, 0.3) is 0 Å².